The van der Waals surface area contributed by atoms with Gasteiger partial charge in [0.15, 0.2) is 0 Å². The molecule has 0 unspecified atom stereocenters. The molecule has 2 rings (SSSR count). The molecule has 1 aliphatic heterocycles. The van der Waals surface area contributed by atoms with Crippen LogP contribution in [0, 0.1) is 26.1 Å². The fraction of sp³-hybridized carbons (Fsp3) is 0.533. The van der Waals surface area contributed by atoms with Gasteiger partial charge in [-0.05, 0) is 18.9 Å². The molecule has 0 atom stereocenters. The predicted molar refractivity (Wildman–Crippen MR) is 88.0 cm³/mol. The summed E-state index contributed by atoms with van der Waals surface area (Å²) in [4.78, 5) is 34.3. The first-order chi connectivity index (χ1) is 11.3. The van der Waals surface area contributed by atoms with Gasteiger partial charge in [-0.15, -0.1) is 0 Å². The third-order valence-electron chi connectivity index (χ3n) is 4.07. The number of nitrogens with zero attached hydrogens (tertiary/aromatic N) is 3. The molecule has 0 radical (unpaired) electrons. The molecule has 9 heteroatoms. The second-order valence-electron chi connectivity index (χ2n) is 6.11. The number of piperidine rings is 1. The number of nitro groups is 2. The van der Waals surface area contributed by atoms with E-state index in [2.05, 4.69) is 5.32 Å². The quantitative estimate of drug-likeness (QED) is 0.650. The number of anilines is 1. The molecule has 0 aromatic heterocycles. The third kappa shape index (κ3) is 3.98. The van der Waals surface area contributed by atoms with Crippen molar-refractivity contribution in [2.45, 2.75) is 32.7 Å². The number of hydrogen-bond donors (Lipinski definition) is 1. The Morgan fingerprint density at radius 2 is 1.83 bits per heavy atom. The summed E-state index contributed by atoms with van der Waals surface area (Å²) < 4.78 is 0. The minimum atomic E-state index is -0.648. The zero-order valence-electron chi connectivity index (χ0n) is 13.6. The lowest BCUT2D eigenvalue weighted by Gasteiger charge is -2.33. The van der Waals surface area contributed by atoms with Crippen molar-refractivity contribution in [3.63, 3.8) is 0 Å². The molecular formula is C15H20N4O5. The highest BCUT2D eigenvalue weighted by Gasteiger charge is 2.27. The van der Waals surface area contributed by atoms with Gasteiger partial charge in [0, 0.05) is 31.1 Å². The lowest BCUT2D eigenvalue weighted by molar-refractivity contribution is -0.393. The van der Waals surface area contributed by atoms with Crippen LogP contribution in [0.4, 0.5) is 17.1 Å². The second kappa shape index (κ2) is 7.24. The number of rotatable bonds is 5. The Hall–Kier alpha value is -2.71. The number of nitrogens with one attached hydrogen (secondary N) is 1. The van der Waals surface area contributed by atoms with Gasteiger partial charge in [-0.2, -0.15) is 0 Å². The molecule has 1 aliphatic rings. The van der Waals surface area contributed by atoms with Crippen LogP contribution < -0.4 is 10.2 Å². The van der Waals surface area contributed by atoms with E-state index in [4.69, 9.17) is 0 Å². The van der Waals surface area contributed by atoms with Crippen LogP contribution in [-0.4, -0.2) is 34.9 Å². The highest BCUT2D eigenvalue weighted by atomic mass is 16.6. The molecule has 1 heterocycles. The number of benzene rings is 1. The summed E-state index contributed by atoms with van der Waals surface area (Å²) in [5.41, 5.74) is -0.197. The summed E-state index contributed by atoms with van der Waals surface area (Å²) in [6.07, 6.45) is 1.35. The van der Waals surface area contributed by atoms with E-state index < -0.39 is 9.85 Å². The van der Waals surface area contributed by atoms with Gasteiger partial charge in [0.1, 0.15) is 5.69 Å². The minimum absolute atomic E-state index is 0.00485. The van der Waals surface area contributed by atoms with Crippen LogP contribution in [0.1, 0.15) is 26.7 Å². The summed E-state index contributed by atoms with van der Waals surface area (Å²) in [5, 5.41) is 25.0. The van der Waals surface area contributed by atoms with Crippen molar-refractivity contribution in [2.75, 3.05) is 18.0 Å². The summed E-state index contributed by atoms with van der Waals surface area (Å²) in [7, 11) is 0. The van der Waals surface area contributed by atoms with E-state index in [-0.39, 0.29) is 29.2 Å². The van der Waals surface area contributed by atoms with E-state index in [0.29, 0.717) is 31.6 Å². The maximum atomic E-state index is 11.7. The summed E-state index contributed by atoms with van der Waals surface area (Å²) in [5.74, 6) is -0.0893. The Bertz CT molecular complexity index is 653. The number of nitro benzene ring substituents is 2. The van der Waals surface area contributed by atoms with Gasteiger partial charge >= 0.3 is 0 Å². The maximum absolute atomic E-state index is 11.7. The number of carbonyl (C=O) groups is 1. The standard InChI is InChI=1S/C15H20N4O5/c1-10(2)15(20)16-11-5-7-17(8-6-11)13-4-3-12(18(21)22)9-14(13)19(23)24/h3-4,9-11H,5-8H2,1-2H3,(H,16,20). The van der Waals surface area contributed by atoms with E-state index in [1.807, 2.05) is 18.7 Å². The first-order valence-corrected chi connectivity index (χ1v) is 7.77. The Kier molecular flexibility index (Phi) is 5.32. The molecule has 1 saturated heterocycles. The van der Waals surface area contributed by atoms with Crippen LogP contribution in [0.5, 0.6) is 0 Å². The number of amides is 1. The minimum Gasteiger partial charge on any atom is -0.366 e. The van der Waals surface area contributed by atoms with Crippen molar-refractivity contribution in [3.8, 4) is 0 Å². The molecule has 130 valence electrons. The largest absolute Gasteiger partial charge is 0.366 e. The smallest absolute Gasteiger partial charge is 0.299 e. The highest BCUT2D eigenvalue weighted by molar-refractivity contribution is 5.78. The third-order valence-corrected chi connectivity index (χ3v) is 4.07. The van der Waals surface area contributed by atoms with Gasteiger partial charge in [0.25, 0.3) is 11.4 Å². The molecule has 1 aromatic carbocycles. The van der Waals surface area contributed by atoms with Crippen LogP contribution in [-0.2, 0) is 4.79 Å². The Morgan fingerprint density at radius 1 is 1.21 bits per heavy atom. The van der Waals surface area contributed by atoms with E-state index >= 15 is 0 Å². The second-order valence-corrected chi connectivity index (χ2v) is 6.11. The first-order valence-electron chi connectivity index (χ1n) is 7.77. The molecule has 9 nitrogen and oxygen atoms in total. The fourth-order valence-electron chi connectivity index (χ4n) is 2.67. The van der Waals surface area contributed by atoms with Crippen molar-refractivity contribution in [1.29, 1.82) is 0 Å². The van der Waals surface area contributed by atoms with Crippen LogP contribution >= 0.6 is 0 Å². The topological polar surface area (TPSA) is 119 Å². The normalized spacial score (nSPS) is 15.4. The Labute approximate surface area is 138 Å². The van der Waals surface area contributed by atoms with Crippen LogP contribution in [0.15, 0.2) is 18.2 Å². The molecule has 1 N–H and O–H groups in total. The van der Waals surface area contributed by atoms with Crippen molar-refractivity contribution < 1.29 is 14.6 Å². The molecule has 0 bridgehead atoms. The van der Waals surface area contributed by atoms with E-state index in [1.165, 1.54) is 12.1 Å². The number of hydrogen-bond acceptors (Lipinski definition) is 6. The maximum Gasteiger partial charge on any atom is 0.299 e. The van der Waals surface area contributed by atoms with Gasteiger partial charge in [0.2, 0.25) is 5.91 Å². The van der Waals surface area contributed by atoms with Crippen LogP contribution in [0.25, 0.3) is 0 Å². The molecular weight excluding hydrogens is 316 g/mol. The zero-order valence-corrected chi connectivity index (χ0v) is 13.6. The number of non-ortho nitro benzene ring substituents is 1. The highest BCUT2D eigenvalue weighted by Crippen LogP contribution is 2.33. The SMILES string of the molecule is CC(C)C(=O)NC1CCN(c2ccc([N+](=O)[O-])cc2[N+](=O)[O-])CC1. The summed E-state index contributed by atoms with van der Waals surface area (Å²) >= 11 is 0. The molecule has 0 spiro atoms. The molecule has 1 fully saturated rings. The molecule has 0 saturated carbocycles. The predicted octanol–water partition coefficient (Wildman–Crippen LogP) is 2.24. The molecule has 1 aromatic rings. The van der Waals surface area contributed by atoms with Crippen molar-refractivity contribution in [3.05, 3.63) is 38.4 Å². The molecule has 0 aliphatic carbocycles. The fourth-order valence-corrected chi connectivity index (χ4v) is 2.67. The van der Waals surface area contributed by atoms with Gasteiger partial charge in [-0.3, -0.25) is 25.0 Å². The molecule has 24 heavy (non-hydrogen) atoms. The average Bonchev–Trinajstić information content (AvgIpc) is 2.54. The number of carbonyl (C=O) groups excluding carboxylic acids is 1. The monoisotopic (exact) mass is 336 g/mol. The average molecular weight is 336 g/mol. The summed E-state index contributed by atoms with van der Waals surface area (Å²) in [6.45, 7) is 4.73. The van der Waals surface area contributed by atoms with Crippen molar-refractivity contribution >= 4 is 23.0 Å². The van der Waals surface area contributed by atoms with Crippen molar-refractivity contribution in [1.82, 2.24) is 5.32 Å². The Morgan fingerprint density at radius 3 is 2.33 bits per heavy atom. The van der Waals surface area contributed by atoms with E-state index in [9.17, 15) is 25.0 Å². The van der Waals surface area contributed by atoms with Gasteiger partial charge in [-0.1, -0.05) is 13.8 Å². The van der Waals surface area contributed by atoms with Gasteiger partial charge in [-0.25, -0.2) is 0 Å². The lowest BCUT2D eigenvalue weighted by atomic mass is 10.0. The van der Waals surface area contributed by atoms with Crippen LogP contribution in [0.3, 0.4) is 0 Å². The van der Waals surface area contributed by atoms with E-state index in [1.54, 1.807) is 0 Å². The van der Waals surface area contributed by atoms with Crippen molar-refractivity contribution in [2.24, 2.45) is 5.92 Å². The Balaban J connectivity index is 2.10. The lowest BCUT2D eigenvalue weighted by Crippen LogP contribution is -2.45. The van der Waals surface area contributed by atoms with Crippen LogP contribution in [0.2, 0.25) is 0 Å². The van der Waals surface area contributed by atoms with Gasteiger partial charge in [0.05, 0.1) is 15.9 Å². The first kappa shape index (κ1) is 17.6. The van der Waals surface area contributed by atoms with E-state index in [0.717, 1.165) is 6.07 Å². The van der Waals surface area contributed by atoms with Gasteiger partial charge < -0.3 is 10.2 Å². The summed E-state index contributed by atoms with van der Waals surface area (Å²) in [6, 6.07) is 3.73. The zero-order chi connectivity index (χ0) is 17.9. The molecule has 1 amide bonds.